The lowest BCUT2D eigenvalue weighted by molar-refractivity contribution is 0.350. The molecule has 1 aliphatic rings. The van der Waals surface area contributed by atoms with Crippen molar-refractivity contribution in [2.75, 3.05) is 13.6 Å². The summed E-state index contributed by atoms with van der Waals surface area (Å²) in [5.41, 5.74) is 0. The molecule has 0 aromatic carbocycles. The Hall–Kier alpha value is -0.0400. The minimum atomic E-state index is 0.990. The maximum absolute atomic E-state index is 3.24. The number of hydrogen-bond donors (Lipinski definition) is 1. The maximum Gasteiger partial charge on any atom is -0.00235 e. The smallest absolute Gasteiger partial charge is 0.00235 e. The molecule has 0 atom stereocenters. The largest absolute Gasteiger partial charge is 0.319 e. The summed E-state index contributed by atoms with van der Waals surface area (Å²) in [5.74, 6) is 0.990. The SMILES string of the molecule is CCC.CNCC1CCCCC1. The molecule has 0 radical (unpaired) electrons. The van der Waals surface area contributed by atoms with Crippen LogP contribution in [0.25, 0.3) is 0 Å². The third-order valence-corrected chi connectivity index (χ3v) is 2.22. The Labute approximate surface area is 77.9 Å². The topological polar surface area (TPSA) is 12.0 Å². The highest BCUT2D eigenvalue weighted by molar-refractivity contribution is 4.66. The van der Waals surface area contributed by atoms with Crippen LogP contribution >= 0.6 is 0 Å². The first-order valence-electron chi connectivity index (χ1n) is 5.49. The van der Waals surface area contributed by atoms with Crippen LogP contribution in [0.2, 0.25) is 0 Å². The van der Waals surface area contributed by atoms with E-state index in [1.54, 1.807) is 0 Å². The van der Waals surface area contributed by atoms with E-state index in [4.69, 9.17) is 0 Å². The van der Waals surface area contributed by atoms with Gasteiger partial charge in [0.1, 0.15) is 0 Å². The fourth-order valence-corrected chi connectivity index (χ4v) is 1.68. The lowest BCUT2D eigenvalue weighted by Crippen LogP contribution is -2.20. The van der Waals surface area contributed by atoms with Crippen molar-refractivity contribution >= 4 is 0 Å². The van der Waals surface area contributed by atoms with Gasteiger partial charge in [0.25, 0.3) is 0 Å². The van der Waals surface area contributed by atoms with E-state index in [0.717, 1.165) is 5.92 Å². The maximum atomic E-state index is 3.24. The molecule has 0 aliphatic heterocycles. The van der Waals surface area contributed by atoms with E-state index in [9.17, 15) is 0 Å². The fraction of sp³-hybridized carbons (Fsp3) is 1.00. The monoisotopic (exact) mass is 171 g/mol. The summed E-state index contributed by atoms with van der Waals surface area (Å²) >= 11 is 0. The molecule has 0 bridgehead atoms. The highest BCUT2D eigenvalue weighted by Gasteiger charge is 2.11. The molecule has 1 saturated carbocycles. The van der Waals surface area contributed by atoms with E-state index in [0.29, 0.717) is 0 Å². The second-order valence-electron chi connectivity index (χ2n) is 3.77. The summed E-state index contributed by atoms with van der Waals surface area (Å²) in [6.07, 6.45) is 8.57. The zero-order chi connectivity index (χ0) is 9.23. The Kier molecular flexibility index (Phi) is 9.02. The van der Waals surface area contributed by atoms with Crippen LogP contribution in [0.15, 0.2) is 0 Å². The van der Waals surface area contributed by atoms with Gasteiger partial charge in [0, 0.05) is 0 Å². The van der Waals surface area contributed by atoms with E-state index >= 15 is 0 Å². The molecule has 1 N–H and O–H groups in total. The van der Waals surface area contributed by atoms with Crippen LogP contribution in [0.3, 0.4) is 0 Å². The Morgan fingerprint density at radius 2 is 1.58 bits per heavy atom. The van der Waals surface area contributed by atoms with Gasteiger partial charge in [-0.3, -0.25) is 0 Å². The van der Waals surface area contributed by atoms with Crippen LogP contribution in [0.1, 0.15) is 52.4 Å². The van der Waals surface area contributed by atoms with Crippen molar-refractivity contribution in [2.45, 2.75) is 52.4 Å². The molecule has 0 spiro atoms. The van der Waals surface area contributed by atoms with Gasteiger partial charge in [-0.1, -0.05) is 39.5 Å². The van der Waals surface area contributed by atoms with Crippen molar-refractivity contribution in [3.8, 4) is 0 Å². The molecule has 0 saturated heterocycles. The first kappa shape index (κ1) is 12.0. The summed E-state index contributed by atoms with van der Waals surface area (Å²) in [7, 11) is 2.05. The molecule has 1 nitrogen and oxygen atoms in total. The minimum absolute atomic E-state index is 0.990. The third-order valence-electron chi connectivity index (χ3n) is 2.22. The van der Waals surface area contributed by atoms with Crippen LogP contribution in [-0.4, -0.2) is 13.6 Å². The summed E-state index contributed by atoms with van der Waals surface area (Å²) < 4.78 is 0. The quantitative estimate of drug-likeness (QED) is 0.673. The predicted octanol–water partition coefficient (Wildman–Crippen LogP) is 3.20. The molecule has 0 heterocycles. The third kappa shape index (κ3) is 6.66. The summed E-state index contributed by atoms with van der Waals surface area (Å²) in [4.78, 5) is 0. The van der Waals surface area contributed by atoms with Crippen molar-refractivity contribution < 1.29 is 0 Å². The van der Waals surface area contributed by atoms with Gasteiger partial charge in [-0.05, 0) is 32.4 Å². The fourth-order valence-electron chi connectivity index (χ4n) is 1.68. The molecular weight excluding hydrogens is 146 g/mol. The number of hydrogen-bond acceptors (Lipinski definition) is 1. The van der Waals surface area contributed by atoms with Crippen molar-refractivity contribution in [1.29, 1.82) is 0 Å². The van der Waals surface area contributed by atoms with Crippen molar-refractivity contribution in [3.05, 3.63) is 0 Å². The molecular formula is C11H25N. The highest BCUT2D eigenvalue weighted by atomic mass is 14.8. The molecule has 0 aromatic rings. The zero-order valence-electron chi connectivity index (χ0n) is 9.03. The Balaban J connectivity index is 0.000000354. The Morgan fingerprint density at radius 3 is 2.00 bits per heavy atom. The van der Waals surface area contributed by atoms with E-state index in [1.165, 1.54) is 45.1 Å². The molecule has 0 unspecified atom stereocenters. The molecule has 1 aliphatic carbocycles. The van der Waals surface area contributed by atoms with Gasteiger partial charge in [-0.2, -0.15) is 0 Å². The molecule has 0 amide bonds. The van der Waals surface area contributed by atoms with Crippen LogP contribution < -0.4 is 5.32 Å². The molecule has 1 rings (SSSR count). The van der Waals surface area contributed by atoms with Gasteiger partial charge in [-0.25, -0.2) is 0 Å². The van der Waals surface area contributed by atoms with Gasteiger partial charge in [-0.15, -0.1) is 0 Å². The lowest BCUT2D eigenvalue weighted by Gasteiger charge is -2.20. The standard InChI is InChI=1S/C8H17N.C3H8/c1-9-7-8-5-3-2-4-6-8;1-3-2/h8-9H,2-7H2,1H3;3H2,1-2H3. The molecule has 74 valence electrons. The van der Waals surface area contributed by atoms with Crippen LogP contribution in [0, 0.1) is 5.92 Å². The Bertz CT molecular complexity index is 72.3. The molecule has 0 aromatic heterocycles. The minimum Gasteiger partial charge on any atom is -0.319 e. The summed E-state index contributed by atoms with van der Waals surface area (Å²) in [5, 5.41) is 3.24. The van der Waals surface area contributed by atoms with Gasteiger partial charge >= 0.3 is 0 Å². The zero-order valence-corrected chi connectivity index (χ0v) is 9.03. The Morgan fingerprint density at radius 1 is 1.08 bits per heavy atom. The average Bonchev–Trinajstić information content (AvgIpc) is 2.08. The van der Waals surface area contributed by atoms with Crippen molar-refractivity contribution in [3.63, 3.8) is 0 Å². The van der Waals surface area contributed by atoms with Crippen LogP contribution in [0.4, 0.5) is 0 Å². The molecule has 1 fully saturated rings. The van der Waals surface area contributed by atoms with Crippen LogP contribution in [-0.2, 0) is 0 Å². The van der Waals surface area contributed by atoms with Gasteiger partial charge < -0.3 is 5.32 Å². The van der Waals surface area contributed by atoms with E-state index in [1.807, 2.05) is 0 Å². The van der Waals surface area contributed by atoms with Gasteiger partial charge in [0.05, 0.1) is 0 Å². The van der Waals surface area contributed by atoms with E-state index in [2.05, 4.69) is 26.2 Å². The lowest BCUT2D eigenvalue weighted by atomic mass is 9.89. The first-order valence-corrected chi connectivity index (χ1v) is 5.49. The van der Waals surface area contributed by atoms with Crippen molar-refractivity contribution in [1.82, 2.24) is 5.32 Å². The second kappa shape index (κ2) is 9.05. The number of rotatable bonds is 2. The molecule has 1 heteroatoms. The summed E-state index contributed by atoms with van der Waals surface area (Å²) in [6.45, 7) is 5.49. The van der Waals surface area contributed by atoms with Crippen LogP contribution in [0.5, 0.6) is 0 Å². The predicted molar refractivity (Wildman–Crippen MR) is 56.5 cm³/mol. The second-order valence-corrected chi connectivity index (χ2v) is 3.77. The normalized spacial score (nSPS) is 18.2. The highest BCUT2D eigenvalue weighted by Crippen LogP contribution is 2.22. The van der Waals surface area contributed by atoms with Gasteiger partial charge in [0.2, 0.25) is 0 Å². The molecule has 12 heavy (non-hydrogen) atoms. The summed E-state index contributed by atoms with van der Waals surface area (Å²) in [6, 6.07) is 0. The average molecular weight is 171 g/mol. The van der Waals surface area contributed by atoms with Crippen molar-refractivity contribution in [2.24, 2.45) is 5.92 Å². The van der Waals surface area contributed by atoms with E-state index in [-0.39, 0.29) is 0 Å². The first-order chi connectivity index (χ1) is 5.85. The van der Waals surface area contributed by atoms with Gasteiger partial charge in [0.15, 0.2) is 0 Å². The number of nitrogens with one attached hydrogen (secondary N) is 1. The van der Waals surface area contributed by atoms with E-state index < -0.39 is 0 Å².